The van der Waals surface area contributed by atoms with Crippen molar-refractivity contribution in [3.05, 3.63) is 84.2 Å². The molecule has 0 saturated carbocycles. The predicted molar refractivity (Wildman–Crippen MR) is 108 cm³/mol. The Morgan fingerprint density at radius 1 is 0.963 bits per heavy atom. The van der Waals surface area contributed by atoms with E-state index in [1.165, 1.54) is 5.56 Å². The molecule has 1 heterocycles. The molecule has 0 bridgehead atoms. The Bertz CT molecular complexity index is 835. The summed E-state index contributed by atoms with van der Waals surface area (Å²) in [5, 5.41) is 2.93. The third-order valence-corrected chi connectivity index (χ3v) is 4.30. The summed E-state index contributed by atoms with van der Waals surface area (Å²) >= 11 is 0. The maximum Gasteiger partial charge on any atom is 0.254 e. The number of amides is 1. The molecule has 2 aromatic carbocycles. The maximum absolute atomic E-state index is 12.3. The summed E-state index contributed by atoms with van der Waals surface area (Å²) in [6.07, 6.45) is 5.01. The zero-order valence-corrected chi connectivity index (χ0v) is 15.5. The topological polar surface area (TPSA) is 58.1 Å². The third kappa shape index (κ3) is 5.14. The Labute approximate surface area is 160 Å². The van der Waals surface area contributed by atoms with Gasteiger partial charge < -0.3 is 10.2 Å². The van der Waals surface area contributed by atoms with E-state index in [0.29, 0.717) is 18.1 Å². The van der Waals surface area contributed by atoms with Crippen molar-refractivity contribution in [1.29, 1.82) is 0 Å². The SMILES string of the molecule is CCN(c1ccccc1)c1ncc(C(=O)NCCCc2ccccc2)cn1. The van der Waals surface area contributed by atoms with E-state index in [9.17, 15) is 4.79 Å². The van der Waals surface area contributed by atoms with Gasteiger partial charge in [0, 0.05) is 31.2 Å². The fourth-order valence-corrected chi connectivity index (χ4v) is 2.87. The standard InChI is InChI=1S/C22H24N4O/c1-2-26(20-13-7-4-8-14-20)22-24-16-19(17-25-22)21(27)23-15-9-12-18-10-5-3-6-11-18/h3-8,10-11,13-14,16-17H,2,9,12,15H2,1H3,(H,23,27). The second kappa shape index (κ2) is 9.48. The van der Waals surface area contributed by atoms with Gasteiger partial charge in [-0.2, -0.15) is 0 Å². The number of carbonyl (C=O) groups excluding carboxylic acids is 1. The summed E-state index contributed by atoms with van der Waals surface area (Å²) in [4.78, 5) is 23.0. The first-order chi connectivity index (χ1) is 13.3. The second-order valence-corrected chi connectivity index (χ2v) is 6.20. The van der Waals surface area contributed by atoms with Gasteiger partial charge in [-0.1, -0.05) is 48.5 Å². The molecule has 5 heteroatoms. The van der Waals surface area contributed by atoms with Crippen LogP contribution in [-0.4, -0.2) is 29.0 Å². The highest BCUT2D eigenvalue weighted by molar-refractivity contribution is 5.93. The van der Waals surface area contributed by atoms with Crippen LogP contribution in [0.2, 0.25) is 0 Å². The van der Waals surface area contributed by atoms with E-state index in [0.717, 1.165) is 25.1 Å². The van der Waals surface area contributed by atoms with Gasteiger partial charge in [-0.25, -0.2) is 9.97 Å². The van der Waals surface area contributed by atoms with Crippen LogP contribution < -0.4 is 10.2 Å². The molecule has 0 atom stereocenters. The molecule has 1 aromatic heterocycles. The molecule has 1 N–H and O–H groups in total. The molecule has 0 unspecified atom stereocenters. The lowest BCUT2D eigenvalue weighted by Crippen LogP contribution is -2.25. The normalized spacial score (nSPS) is 10.4. The number of aromatic nitrogens is 2. The van der Waals surface area contributed by atoms with E-state index in [1.807, 2.05) is 60.4 Å². The number of rotatable bonds is 8. The highest BCUT2D eigenvalue weighted by atomic mass is 16.1. The van der Waals surface area contributed by atoms with E-state index >= 15 is 0 Å². The van der Waals surface area contributed by atoms with Crippen LogP contribution in [0.1, 0.15) is 29.3 Å². The minimum atomic E-state index is -0.141. The lowest BCUT2D eigenvalue weighted by Gasteiger charge is -2.20. The number of aryl methyl sites for hydroxylation is 1. The maximum atomic E-state index is 12.3. The quantitative estimate of drug-likeness (QED) is 0.617. The monoisotopic (exact) mass is 360 g/mol. The molecule has 0 fully saturated rings. The Balaban J connectivity index is 1.54. The Morgan fingerprint density at radius 3 is 2.22 bits per heavy atom. The minimum absolute atomic E-state index is 0.141. The smallest absolute Gasteiger partial charge is 0.254 e. The minimum Gasteiger partial charge on any atom is -0.352 e. The molecule has 0 saturated heterocycles. The summed E-state index contributed by atoms with van der Waals surface area (Å²) < 4.78 is 0. The van der Waals surface area contributed by atoms with Crippen molar-refractivity contribution in [1.82, 2.24) is 15.3 Å². The van der Waals surface area contributed by atoms with Gasteiger partial charge in [0.05, 0.1) is 5.56 Å². The summed E-state index contributed by atoms with van der Waals surface area (Å²) in [6, 6.07) is 20.2. The lowest BCUT2D eigenvalue weighted by molar-refractivity contribution is 0.0952. The van der Waals surface area contributed by atoms with Gasteiger partial charge in [-0.05, 0) is 37.5 Å². The molecule has 0 aliphatic heterocycles. The van der Waals surface area contributed by atoms with Gasteiger partial charge in [0.1, 0.15) is 0 Å². The van der Waals surface area contributed by atoms with E-state index in [4.69, 9.17) is 0 Å². The van der Waals surface area contributed by atoms with Gasteiger partial charge in [0.25, 0.3) is 5.91 Å². The number of nitrogens with zero attached hydrogens (tertiary/aromatic N) is 3. The second-order valence-electron chi connectivity index (χ2n) is 6.20. The van der Waals surface area contributed by atoms with E-state index in [2.05, 4.69) is 27.4 Å². The zero-order chi connectivity index (χ0) is 18.9. The van der Waals surface area contributed by atoms with E-state index < -0.39 is 0 Å². The van der Waals surface area contributed by atoms with Crippen LogP contribution in [0.5, 0.6) is 0 Å². The molecule has 0 aliphatic rings. The molecule has 0 radical (unpaired) electrons. The van der Waals surface area contributed by atoms with Crippen LogP contribution in [-0.2, 0) is 6.42 Å². The van der Waals surface area contributed by atoms with Crippen LogP contribution in [0.25, 0.3) is 0 Å². The van der Waals surface area contributed by atoms with E-state index in [1.54, 1.807) is 12.4 Å². The van der Waals surface area contributed by atoms with E-state index in [-0.39, 0.29) is 5.91 Å². The van der Waals surface area contributed by atoms with Crippen molar-refractivity contribution in [2.24, 2.45) is 0 Å². The fourth-order valence-electron chi connectivity index (χ4n) is 2.87. The summed E-state index contributed by atoms with van der Waals surface area (Å²) in [7, 11) is 0. The average Bonchev–Trinajstić information content (AvgIpc) is 2.74. The van der Waals surface area contributed by atoms with Crippen molar-refractivity contribution < 1.29 is 4.79 Å². The zero-order valence-electron chi connectivity index (χ0n) is 15.5. The Hall–Kier alpha value is -3.21. The van der Waals surface area contributed by atoms with Crippen molar-refractivity contribution >= 4 is 17.5 Å². The first-order valence-electron chi connectivity index (χ1n) is 9.24. The van der Waals surface area contributed by atoms with Gasteiger partial charge in [0.2, 0.25) is 5.95 Å². The van der Waals surface area contributed by atoms with Crippen molar-refractivity contribution in [3.8, 4) is 0 Å². The Morgan fingerprint density at radius 2 is 1.59 bits per heavy atom. The molecule has 5 nitrogen and oxygen atoms in total. The molecule has 0 spiro atoms. The van der Waals surface area contributed by atoms with Crippen LogP contribution >= 0.6 is 0 Å². The highest BCUT2D eigenvalue weighted by Gasteiger charge is 2.12. The van der Waals surface area contributed by atoms with Crippen LogP contribution in [0.3, 0.4) is 0 Å². The van der Waals surface area contributed by atoms with Crippen LogP contribution in [0.15, 0.2) is 73.1 Å². The number of hydrogen-bond acceptors (Lipinski definition) is 4. The van der Waals surface area contributed by atoms with Gasteiger partial charge in [-0.3, -0.25) is 4.79 Å². The van der Waals surface area contributed by atoms with Gasteiger partial charge in [0.15, 0.2) is 0 Å². The Kier molecular flexibility index (Phi) is 6.52. The summed E-state index contributed by atoms with van der Waals surface area (Å²) in [6.45, 7) is 3.42. The molecule has 138 valence electrons. The van der Waals surface area contributed by atoms with Crippen LogP contribution in [0, 0.1) is 0 Å². The molecule has 3 rings (SSSR count). The number of hydrogen-bond donors (Lipinski definition) is 1. The summed E-state index contributed by atoms with van der Waals surface area (Å²) in [5.41, 5.74) is 2.78. The number of para-hydroxylation sites is 1. The molecular formula is C22H24N4O. The average molecular weight is 360 g/mol. The fraction of sp³-hybridized carbons (Fsp3) is 0.227. The number of benzene rings is 2. The number of carbonyl (C=O) groups is 1. The molecule has 3 aromatic rings. The highest BCUT2D eigenvalue weighted by Crippen LogP contribution is 2.20. The largest absolute Gasteiger partial charge is 0.352 e. The van der Waals surface area contributed by atoms with Crippen molar-refractivity contribution in [2.45, 2.75) is 19.8 Å². The van der Waals surface area contributed by atoms with Crippen molar-refractivity contribution in [3.63, 3.8) is 0 Å². The van der Waals surface area contributed by atoms with Gasteiger partial charge in [-0.15, -0.1) is 0 Å². The first kappa shape index (κ1) is 18.6. The van der Waals surface area contributed by atoms with Crippen LogP contribution in [0.4, 0.5) is 11.6 Å². The summed E-state index contributed by atoms with van der Waals surface area (Å²) in [5.74, 6) is 0.446. The number of anilines is 2. The van der Waals surface area contributed by atoms with Gasteiger partial charge >= 0.3 is 0 Å². The molecule has 1 amide bonds. The predicted octanol–water partition coefficient (Wildman–Crippen LogP) is 4.00. The van der Waals surface area contributed by atoms with Crippen molar-refractivity contribution in [2.75, 3.05) is 18.0 Å². The first-order valence-corrected chi connectivity index (χ1v) is 9.24. The molecule has 0 aliphatic carbocycles. The lowest BCUT2D eigenvalue weighted by atomic mass is 10.1. The molecular weight excluding hydrogens is 336 g/mol. The number of nitrogens with one attached hydrogen (secondary N) is 1. The third-order valence-electron chi connectivity index (χ3n) is 4.30. The molecule has 27 heavy (non-hydrogen) atoms.